The van der Waals surface area contributed by atoms with Crippen LogP contribution in [-0.2, 0) is 9.53 Å². The third-order valence-electron chi connectivity index (χ3n) is 4.31. The Kier molecular flexibility index (Phi) is 5.60. The molecule has 0 radical (unpaired) electrons. The number of carbonyl (C=O) groups is 1. The molecule has 2 heterocycles. The number of nitrogens with zero attached hydrogens (tertiary/aromatic N) is 3. The second-order valence-electron chi connectivity index (χ2n) is 5.39. The minimum Gasteiger partial charge on any atom is -0.379 e. The van der Waals surface area contributed by atoms with E-state index >= 15 is 0 Å². The summed E-state index contributed by atoms with van der Waals surface area (Å²) in [4.78, 5) is 19.0. The zero-order valence-corrected chi connectivity index (χ0v) is 12.3. The van der Waals surface area contributed by atoms with E-state index in [2.05, 4.69) is 23.6 Å². The summed E-state index contributed by atoms with van der Waals surface area (Å²) in [5.74, 6) is 0.288. The topological polar surface area (TPSA) is 36.0 Å². The van der Waals surface area contributed by atoms with Crippen molar-refractivity contribution in [3.05, 3.63) is 0 Å². The van der Waals surface area contributed by atoms with Crippen LogP contribution in [0.5, 0.6) is 0 Å². The van der Waals surface area contributed by atoms with E-state index < -0.39 is 0 Å². The predicted octanol–water partition coefficient (Wildman–Crippen LogP) is 0.261. The number of amides is 1. The maximum Gasteiger partial charge on any atom is 0.236 e. The van der Waals surface area contributed by atoms with Crippen LogP contribution in [0.2, 0.25) is 0 Å². The number of rotatable bonds is 5. The normalized spacial score (nSPS) is 25.2. The summed E-state index contributed by atoms with van der Waals surface area (Å²) in [7, 11) is 0. The number of likely N-dealkylation sites (tertiary alicyclic amines) is 1. The van der Waals surface area contributed by atoms with E-state index in [0.717, 1.165) is 58.9 Å². The molecule has 0 aromatic heterocycles. The van der Waals surface area contributed by atoms with Crippen molar-refractivity contribution in [2.24, 2.45) is 0 Å². The van der Waals surface area contributed by atoms with Crippen molar-refractivity contribution in [2.75, 3.05) is 59.0 Å². The number of hydrogen-bond donors (Lipinski definition) is 0. The molecular formula is C14H27N3O2. The smallest absolute Gasteiger partial charge is 0.236 e. The fraction of sp³-hybridized carbons (Fsp3) is 0.929. The number of likely N-dealkylation sites (N-methyl/N-ethyl adjacent to an activating group) is 1. The second kappa shape index (κ2) is 7.22. The fourth-order valence-electron chi connectivity index (χ4n) is 3.06. The van der Waals surface area contributed by atoms with Crippen LogP contribution in [-0.4, -0.2) is 85.7 Å². The van der Waals surface area contributed by atoms with Gasteiger partial charge in [0.1, 0.15) is 0 Å². The summed E-state index contributed by atoms with van der Waals surface area (Å²) in [6, 6.07) is 0.559. The van der Waals surface area contributed by atoms with Gasteiger partial charge in [0, 0.05) is 32.2 Å². The van der Waals surface area contributed by atoms with Gasteiger partial charge >= 0.3 is 0 Å². The highest BCUT2D eigenvalue weighted by Crippen LogP contribution is 2.15. The van der Waals surface area contributed by atoms with Crippen LogP contribution in [0.3, 0.4) is 0 Å². The average molecular weight is 269 g/mol. The van der Waals surface area contributed by atoms with Gasteiger partial charge in [-0.2, -0.15) is 0 Å². The largest absolute Gasteiger partial charge is 0.379 e. The summed E-state index contributed by atoms with van der Waals surface area (Å²) < 4.78 is 5.31. The van der Waals surface area contributed by atoms with E-state index in [0.29, 0.717) is 12.6 Å². The van der Waals surface area contributed by atoms with E-state index in [4.69, 9.17) is 4.74 Å². The van der Waals surface area contributed by atoms with Gasteiger partial charge in [0.15, 0.2) is 0 Å². The summed E-state index contributed by atoms with van der Waals surface area (Å²) >= 11 is 0. The lowest BCUT2D eigenvalue weighted by molar-refractivity contribution is -0.132. The quantitative estimate of drug-likeness (QED) is 0.717. The standard InChI is InChI=1S/C14H27N3O2/c1-3-16(4-2)13-5-6-17(11-13)14(18)12-15-7-9-19-10-8-15/h13H,3-12H2,1-2H3. The minimum atomic E-state index is 0.288. The van der Waals surface area contributed by atoms with E-state index in [1.54, 1.807) is 0 Å². The number of morpholine rings is 1. The van der Waals surface area contributed by atoms with Gasteiger partial charge in [-0.3, -0.25) is 14.6 Å². The van der Waals surface area contributed by atoms with Gasteiger partial charge in [0.2, 0.25) is 5.91 Å². The molecule has 1 atom stereocenters. The number of carbonyl (C=O) groups excluding carboxylic acids is 1. The molecule has 5 nitrogen and oxygen atoms in total. The first-order valence-electron chi connectivity index (χ1n) is 7.56. The van der Waals surface area contributed by atoms with Crippen LogP contribution in [0.25, 0.3) is 0 Å². The third kappa shape index (κ3) is 3.91. The van der Waals surface area contributed by atoms with Gasteiger partial charge in [-0.25, -0.2) is 0 Å². The molecule has 2 aliphatic rings. The maximum atomic E-state index is 12.3. The highest BCUT2D eigenvalue weighted by molar-refractivity contribution is 5.78. The second-order valence-corrected chi connectivity index (χ2v) is 5.39. The van der Waals surface area contributed by atoms with Crippen molar-refractivity contribution in [3.8, 4) is 0 Å². The SMILES string of the molecule is CCN(CC)C1CCN(C(=O)CN2CCOCC2)C1. The van der Waals surface area contributed by atoms with E-state index in [1.165, 1.54) is 0 Å². The fourth-order valence-corrected chi connectivity index (χ4v) is 3.06. The average Bonchev–Trinajstić information content (AvgIpc) is 2.91. The molecule has 2 fully saturated rings. The van der Waals surface area contributed by atoms with E-state index in [-0.39, 0.29) is 5.91 Å². The molecule has 2 aliphatic heterocycles. The zero-order valence-electron chi connectivity index (χ0n) is 12.3. The molecule has 0 aromatic carbocycles. The van der Waals surface area contributed by atoms with Crippen LogP contribution in [0.15, 0.2) is 0 Å². The van der Waals surface area contributed by atoms with Crippen LogP contribution in [0.4, 0.5) is 0 Å². The molecule has 1 unspecified atom stereocenters. The van der Waals surface area contributed by atoms with Crippen LogP contribution < -0.4 is 0 Å². The Balaban J connectivity index is 1.77. The van der Waals surface area contributed by atoms with Gasteiger partial charge < -0.3 is 9.64 Å². The molecule has 0 saturated carbocycles. The van der Waals surface area contributed by atoms with Crippen molar-refractivity contribution >= 4 is 5.91 Å². The first-order valence-corrected chi connectivity index (χ1v) is 7.56. The minimum absolute atomic E-state index is 0.288. The molecule has 0 aliphatic carbocycles. The monoisotopic (exact) mass is 269 g/mol. The Bertz CT molecular complexity index is 288. The molecule has 0 spiro atoms. The highest BCUT2D eigenvalue weighted by atomic mass is 16.5. The zero-order chi connectivity index (χ0) is 13.7. The summed E-state index contributed by atoms with van der Waals surface area (Å²) in [5, 5.41) is 0. The van der Waals surface area contributed by atoms with Crippen LogP contribution >= 0.6 is 0 Å². The third-order valence-corrected chi connectivity index (χ3v) is 4.31. The van der Waals surface area contributed by atoms with Crippen molar-refractivity contribution < 1.29 is 9.53 Å². The van der Waals surface area contributed by atoms with Gasteiger partial charge in [0.05, 0.1) is 19.8 Å². The lowest BCUT2D eigenvalue weighted by Gasteiger charge is -2.29. The Labute approximate surface area is 116 Å². The number of ether oxygens (including phenoxy) is 1. The molecule has 5 heteroatoms. The molecule has 0 N–H and O–H groups in total. The molecule has 2 saturated heterocycles. The molecule has 1 amide bonds. The molecule has 0 aromatic rings. The lowest BCUT2D eigenvalue weighted by Crippen LogP contribution is -2.45. The van der Waals surface area contributed by atoms with Crippen molar-refractivity contribution in [3.63, 3.8) is 0 Å². The molecule has 19 heavy (non-hydrogen) atoms. The van der Waals surface area contributed by atoms with Gasteiger partial charge in [0.25, 0.3) is 0 Å². The van der Waals surface area contributed by atoms with Crippen LogP contribution in [0, 0.1) is 0 Å². The van der Waals surface area contributed by atoms with Gasteiger partial charge in [-0.05, 0) is 19.5 Å². The van der Waals surface area contributed by atoms with Crippen molar-refractivity contribution in [1.82, 2.24) is 14.7 Å². The molecule has 2 rings (SSSR count). The Morgan fingerprint density at radius 2 is 1.89 bits per heavy atom. The van der Waals surface area contributed by atoms with E-state index in [9.17, 15) is 4.79 Å². The summed E-state index contributed by atoms with van der Waals surface area (Å²) in [6.45, 7) is 12.2. The first-order chi connectivity index (χ1) is 9.24. The molecular weight excluding hydrogens is 242 g/mol. The maximum absolute atomic E-state index is 12.3. The van der Waals surface area contributed by atoms with E-state index in [1.807, 2.05) is 4.90 Å². The van der Waals surface area contributed by atoms with Crippen molar-refractivity contribution in [1.29, 1.82) is 0 Å². The summed E-state index contributed by atoms with van der Waals surface area (Å²) in [5.41, 5.74) is 0. The Hall–Kier alpha value is -0.650. The number of hydrogen-bond acceptors (Lipinski definition) is 4. The Morgan fingerprint density at radius 3 is 2.53 bits per heavy atom. The van der Waals surface area contributed by atoms with Gasteiger partial charge in [-0.15, -0.1) is 0 Å². The van der Waals surface area contributed by atoms with Gasteiger partial charge in [-0.1, -0.05) is 13.8 Å². The summed E-state index contributed by atoms with van der Waals surface area (Å²) in [6.07, 6.45) is 1.12. The highest BCUT2D eigenvalue weighted by Gasteiger charge is 2.29. The predicted molar refractivity (Wildman–Crippen MR) is 75.2 cm³/mol. The van der Waals surface area contributed by atoms with Crippen molar-refractivity contribution in [2.45, 2.75) is 26.3 Å². The molecule has 0 bridgehead atoms. The van der Waals surface area contributed by atoms with Crippen LogP contribution in [0.1, 0.15) is 20.3 Å². The molecule has 110 valence electrons. The lowest BCUT2D eigenvalue weighted by atomic mass is 10.2. The first kappa shape index (κ1) is 14.8. The Morgan fingerprint density at radius 1 is 1.21 bits per heavy atom.